The third-order valence-electron chi connectivity index (χ3n) is 5.35. The maximum absolute atomic E-state index is 12.6. The predicted molar refractivity (Wildman–Crippen MR) is 98.0 cm³/mol. The molecule has 3 N–H and O–H groups in total. The van der Waals surface area contributed by atoms with Crippen LogP contribution < -0.4 is 5.32 Å². The number of benzene rings is 1. The van der Waals surface area contributed by atoms with E-state index in [4.69, 9.17) is 23.2 Å². The lowest BCUT2D eigenvalue weighted by Gasteiger charge is -2.25. The number of phenolic OH excluding ortho intramolecular Hbond substituents is 1. The zero-order valence-electron chi connectivity index (χ0n) is 14.0. The van der Waals surface area contributed by atoms with Gasteiger partial charge in [0.1, 0.15) is 5.75 Å². The number of nitrogens with zero attached hydrogens (tertiary/aromatic N) is 1. The smallest absolute Gasteiger partial charge is 0.227 e. The molecule has 0 bridgehead atoms. The fraction of sp³-hybridized carbons (Fsp3) is 0.611. The van der Waals surface area contributed by atoms with Crippen LogP contribution in [-0.2, 0) is 4.79 Å². The minimum absolute atomic E-state index is 0.0453. The number of rotatable bonds is 3. The van der Waals surface area contributed by atoms with E-state index in [1.165, 1.54) is 12.1 Å². The van der Waals surface area contributed by atoms with Gasteiger partial charge in [-0.1, -0.05) is 23.2 Å². The van der Waals surface area contributed by atoms with E-state index in [0.29, 0.717) is 30.1 Å². The van der Waals surface area contributed by atoms with E-state index < -0.39 is 6.10 Å². The number of aromatic hydroxyl groups is 1. The summed E-state index contributed by atoms with van der Waals surface area (Å²) < 4.78 is 0. The lowest BCUT2D eigenvalue weighted by Crippen LogP contribution is -2.37. The van der Waals surface area contributed by atoms with Crippen molar-refractivity contribution in [2.45, 2.75) is 31.8 Å². The molecule has 138 valence electrons. The number of nitrogens with one attached hydrogen (secondary N) is 1. The van der Waals surface area contributed by atoms with Crippen LogP contribution in [0.15, 0.2) is 12.1 Å². The van der Waals surface area contributed by atoms with Crippen molar-refractivity contribution in [3.05, 3.63) is 27.7 Å². The van der Waals surface area contributed by atoms with Gasteiger partial charge in [-0.25, -0.2) is 0 Å². The van der Waals surface area contributed by atoms with Gasteiger partial charge in [0.15, 0.2) is 0 Å². The summed E-state index contributed by atoms with van der Waals surface area (Å²) in [6.07, 6.45) is 2.28. The largest absolute Gasteiger partial charge is 0.508 e. The van der Waals surface area contributed by atoms with Crippen molar-refractivity contribution in [2.24, 2.45) is 11.8 Å². The standard InChI is InChI=1S/C18H24Cl2N2O3/c19-13-3-4-14(23)15(16(13)20)17(24)11-2-1-8-22(9-6-11)18(25)12-5-7-21-10-12/h3-4,11-12,17,21,23-24H,1-2,5-10H2/t11?,12-,17+/m0/s1. The zero-order valence-corrected chi connectivity index (χ0v) is 15.6. The van der Waals surface area contributed by atoms with Crippen LogP contribution in [0.2, 0.25) is 10.0 Å². The van der Waals surface area contributed by atoms with Crippen molar-refractivity contribution in [1.82, 2.24) is 10.2 Å². The summed E-state index contributed by atoms with van der Waals surface area (Å²) in [5, 5.41) is 24.6. The fourth-order valence-electron chi connectivity index (χ4n) is 3.86. The third kappa shape index (κ3) is 4.05. The lowest BCUT2D eigenvalue weighted by atomic mass is 9.89. The van der Waals surface area contributed by atoms with Gasteiger partial charge in [-0.05, 0) is 50.3 Å². The van der Waals surface area contributed by atoms with Crippen molar-refractivity contribution < 1.29 is 15.0 Å². The molecular weight excluding hydrogens is 363 g/mol. The Morgan fingerprint density at radius 3 is 2.76 bits per heavy atom. The van der Waals surface area contributed by atoms with E-state index in [2.05, 4.69) is 5.32 Å². The minimum atomic E-state index is -0.894. The van der Waals surface area contributed by atoms with Crippen LogP contribution in [0.5, 0.6) is 5.75 Å². The number of carbonyl (C=O) groups excluding carboxylic acids is 1. The van der Waals surface area contributed by atoms with Gasteiger partial charge in [-0.2, -0.15) is 0 Å². The molecule has 0 saturated carbocycles. The first kappa shape index (κ1) is 18.8. The molecule has 3 atom stereocenters. The number of likely N-dealkylation sites (tertiary alicyclic amines) is 1. The summed E-state index contributed by atoms with van der Waals surface area (Å²) in [7, 11) is 0. The van der Waals surface area contributed by atoms with Gasteiger partial charge in [0.25, 0.3) is 0 Å². The second-order valence-corrected chi connectivity index (χ2v) is 7.73. The van der Waals surface area contributed by atoms with Gasteiger partial charge in [0.05, 0.1) is 22.1 Å². The fourth-order valence-corrected chi connectivity index (χ4v) is 4.29. The molecule has 5 nitrogen and oxygen atoms in total. The summed E-state index contributed by atoms with van der Waals surface area (Å²) in [6.45, 7) is 3.00. The van der Waals surface area contributed by atoms with Crippen LogP contribution in [0.3, 0.4) is 0 Å². The number of aliphatic hydroxyl groups is 1. The van der Waals surface area contributed by atoms with E-state index >= 15 is 0 Å². The van der Waals surface area contributed by atoms with Crippen LogP contribution in [0, 0.1) is 11.8 Å². The Kier molecular flexibility index (Phi) is 6.10. The lowest BCUT2D eigenvalue weighted by molar-refractivity contribution is -0.134. The molecule has 3 rings (SSSR count). The number of hydrogen-bond acceptors (Lipinski definition) is 4. The number of phenols is 1. The zero-order chi connectivity index (χ0) is 18.0. The van der Waals surface area contributed by atoms with Crippen molar-refractivity contribution in [2.75, 3.05) is 26.2 Å². The molecule has 1 aromatic carbocycles. The molecule has 0 aliphatic carbocycles. The minimum Gasteiger partial charge on any atom is -0.508 e. The summed E-state index contributed by atoms with van der Waals surface area (Å²) >= 11 is 12.2. The van der Waals surface area contributed by atoms with E-state index in [1.54, 1.807) is 0 Å². The van der Waals surface area contributed by atoms with Gasteiger partial charge in [-0.3, -0.25) is 4.79 Å². The number of carbonyl (C=O) groups is 1. The van der Waals surface area contributed by atoms with Crippen molar-refractivity contribution in [3.8, 4) is 5.75 Å². The van der Waals surface area contributed by atoms with Crippen molar-refractivity contribution in [3.63, 3.8) is 0 Å². The van der Waals surface area contributed by atoms with Gasteiger partial charge in [0.2, 0.25) is 5.91 Å². The first-order chi connectivity index (χ1) is 12.0. The second kappa shape index (κ2) is 8.12. The average Bonchev–Trinajstić information content (AvgIpc) is 3.02. The molecule has 7 heteroatoms. The Labute approximate surface area is 157 Å². The highest BCUT2D eigenvalue weighted by atomic mass is 35.5. The van der Waals surface area contributed by atoms with Gasteiger partial charge < -0.3 is 20.4 Å². The molecule has 1 amide bonds. The van der Waals surface area contributed by atoms with Crippen LogP contribution >= 0.6 is 23.2 Å². The van der Waals surface area contributed by atoms with E-state index in [9.17, 15) is 15.0 Å². The molecule has 1 aromatic rings. The maximum atomic E-state index is 12.6. The highest BCUT2D eigenvalue weighted by Gasteiger charge is 2.32. The Morgan fingerprint density at radius 2 is 2.04 bits per heavy atom. The molecule has 2 aliphatic heterocycles. The van der Waals surface area contributed by atoms with Crippen LogP contribution in [-0.4, -0.2) is 47.2 Å². The molecule has 1 unspecified atom stereocenters. The number of amides is 1. The molecular formula is C18H24Cl2N2O3. The van der Waals surface area contributed by atoms with Crippen molar-refractivity contribution >= 4 is 29.1 Å². The Balaban J connectivity index is 1.68. The highest BCUT2D eigenvalue weighted by molar-refractivity contribution is 6.42. The van der Waals surface area contributed by atoms with E-state index in [-0.39, 0.29) is 28.5 Å². The second-order valence-electron chi connectivity index (χ2n) is 6.94. The maximum Gasteiger partial charge on any atom is 0.227 e. The molecule has 2 heterocycles. The number of hydrogen-bond donors (Lipinski definition) is 3. The molecule has 25 heavy (non-hydrogen) atoms. The summed E-state index contributed by atoms with van der Waals surface area (Å²) in [4.78, 5) is 14.5. The molecule has 0 aromatic heterocycles. The Bertz CT molecular complexity index is 635. The first-order valence-electron chi connectivity index (χ1n) is 8.83. The van der Waals surface area contributed by atoms with Gasteiger partial charge in [0, 0.05) is 25.2 Å². The summed E-state index contributed by atoms with van der Waals surface area (Å²) in [5.41, 5.74) is 0.291. The van der Waals surface area contributed by atoms with E-state index in [1.807, 2.05) is 4.90 Å². The topological polar surface area (TPSA) is 72.8 Å². The molecule has 2 saturated heterocycles. The number of halogens is 2. The predicted octanol–water partition coefficient (Wildman–Crippen LogP) is 2.97. The molecule has 0 radical (unpaired) electrons. The monoisotopic (exact) mass is 386 g/mol. The van der Waals surface area contributed by atoms with E-state index in [0.717, 1.165) is 32.4 Å². The third-order valence-corrected chi connectivity index (χ3v) is 6.16. The van der Waals surface area contributed by atoms with Crippen LogP contribution in [0.25, 0.3) is 0 Å². The SMILES string of the molecule is O=C([C@H]1CCNC1)N1CCCC([C@@H](O)c2c(O)ccc(Cl)c2Cl)CC1. The van der Waals surface area contributed by atoms with Crippen LogP contribution in [0.1, 0.15) is 37.4 Å². The van der Waals surface area contributed by atoms with Crippen molar-refractivity contribution in [1.29, 1.82) is 0 Å². The summed E-state index contributed by atoms with van der Waals surface area (Å²) in [5.74, 6) is 0.175. The quantitative estimate of drug-likeness (QED) is 0.746. The Morgan fingerprint density at radius 1 is 1.24 bits per heavy atom. The van der Waals surface area contributed by atoms with Gasteiger partial charge >= 0.3 is 0 Å². The first-order valence-corrected chi connectivity index (χ1v) is 9.59. The molecule has 2 fully saturated rings. The molecule has 2 aliphatic rings. The highest BCUT2D eigenvalue weighted by Crippen LogP contribution is 2.41. The summed E-state index contributed by atoms with van der Waals surface area (Å²) in [6, 6.07) is 2.96. The Hall–Kier alpha value is -1.01. The van der Waals surface area contributed by atoms with Gasteiger partial charge in [-0.15, -0.1) is 0 Å². The average molecular weight is 387 g/mol. The molecule has 0 spiro atoms. The van der Waals surface area contributed by atoms with Crippen LogP contribution in [0.4, 0.5) is 0 Å². The number of aliphatic hydroxyl groups excluding tert-OH is 1. The normalized spacial score (nSPS) is 25.6.